The van der Waals surface area contributed by atoms with Gasteiger partial charge in [0, 0.05) is 6.20 Å². The topological polar surface area (TPSA) is 60.9 Å². The van der Waals surface area contributed by atoms with Crippen LogP contribution in [0.4, 0.5) is 18.0 Å². The number of alkyl halides is 3. The van der Waals surface area contributed by atoms with E-state index in [0.29, 0.717) is 21.9 Å². The Morgan fingerprint density at radius 1 is 1.02 bits per heavy atom. The van der Waals surface area contributed by atoms with Gasteiger partial charge in [0.25, 0.3) is 0 Å². The molecule has 1 aliphatic heterocycles. The fourth-order valence-electron chi connectivity index (χ4n) is 5.23. The van der Waals surface area contributed by atoms with Crippen molar-refractivity contribution in [2.45, 2.75) is 96.7 Å². The number of unbranched alkanes of at least 4 members (excludes halogenated alkanes) is 3. The molecule has 0 saturated carbocycles. The van der Waals surface area contributed by atoms with Gasteiger partial charge in [-0.05, 0) is 90.1 Å². The van der Waals surface area contributed by atoms with Crippen LogP contribution >= 0.6 is 11.3 Å². The van der Waals surface area contributed by atoms with E-state index in [-0.39, 0.29) is 19.0 Å². The van der Waals surface area contributed by atoms with Gasteiger partial charge in [0.05, 0.1) is 23.7 Å². The van der Waals surface area contributed by atoms with Crippen molar-refractivity contribution in [2.75, 3.05) is 13.2 Å². The molecule has 1 amide bonds. The van der Waals surface area contributed by atoms with Crippen LogP contribution in [-0.2, 0) is 27.6 Å². The Bertz CT molecular complexity index is 1380. The molecule has 1 aromatic heterocycles. The number of rotatable bonds is 10. The number of carbonyl (C=O) groups excluding carboxylic acids is 1. The van der Waals surface area contributed by atoms with Crippen LogP contribution in [0.2, 0.25) is 0 Å². The highest BCUT2D eigenvalue weighted by molar-refractivity contribution is 7.15. The minimum absolute atomic E-state index is 0.166. The van der Waals surface area contributed by atoms with Crippen molar-refractivity contribution < 1.29 is 32.2 Å². The fourth-order valence-corrected chi connectivity index (χ4v) is 6.26. The summed E-state index contributed by atoms with van der Waals surface area (Å²) in [5, 5.41) is 0.542. The molecule has 0 N–H and O–H groups in total. The molecule has 2 aromatic carbocycles. The monoisotopic (exact) mass is 618 g/mol. The lowest BCUT2D eigenvalue weighted by Gasteiger charge is -2.39. The minimum Gasteiger partial charge on any atom is -0.493 e. The van der Waals surface area contributed by atoms with E-state index < -0.39 is 34.7 Å². The number of hydrogen-bond acceptors (Lipinski definition) is 6. The quantitative estimate of drug-likeness (QED) is 0.212. The van der Waals surface area contributed by atoms with Crippen molar-refractivity contribution in [3.8, 4) is 16.2 Å². The maximum Gasteiger partial charge on any atom is 0.419 e. The highest BCUT2D eigenvalue weighted by Crippen LogP contribution is 2.46. The zero-order valence-corrected chi connectivity index (χ0v) is 26.5. The molecule has 234 valence electrons. The van der Waals surface area contributed by atoms with Crippen LogP contribution in [0.5, 0.6) is 5.75 Å². The van der Waals surface area contributed by atoms with Gasteiger partial charge in [0.2, 0.25) is 0 Å². The summed E-state index contributed by atoms with van der Waals surface area (Å²) >= 11 is 1.23. The Morgan fingerprint density at radius 2 is 1.72 bits per heavy atom. The first kappa shape index (κ1) is 32.8. The normalized spacial score (nSPS) is 18.6. The highest BCUT2D eigenvalue weighted by atomic mass is 32.1. The van der Waals surface area contributed by atoms with Crippen molar-refractivity contribution in [1.82, 2.24) is 9.88 Å². The average molecular weight is 619 g/mol. The molecule has 1 atom stereocenters. The maximum absolute atomic E-state index is 14.1. The van der Waals surface area contributed by atoms with E-state index >= 15 is 0 Å². The summed E-state index contributed by atoms with van der Waals surface area (Å²) in [5.74, 6) is -0.181. The number of hydrogen-bond donors (Lipinski definition) is 0. The standard InChI is InChI=1S/C33H41F3N2O4S/c1-30(2,3)42-29(39)38-31(4,5)41-22-32(38,6)28-37-21-27(43-28)24-17-18-26(25(20-24)33(34,35)36)40-19-13-8-7-10-14-23-15-11-9-12-16-23/h9,11-12,15-18,20-21H,7-8,10,13-14,19,22H2,1-6H3. The Balaban J connectivity index is 1.44. The van der Waals surface area contributed by atoms with Gasteiger partial charge in [-0.2, -0.15) is 13.2 Å². The number of aromatic nitrogens is 1. The maximum atomic E-state index is 14.1. The van der Waals surface area contributed by atoms with E-state index in [4.69, 9.17) is 14.2 Å². The first-order valence-electron chi connectivity index (χ1n) is 14.6. The third kappa shape index (κ3) is 8.09. The van der Waals surface area contributed by atoms with Gasteiger partial charge in [0.15, 0.2) is 0 Å². The summed E-state index contributed by atoms with van der Waals surface area (Å²) in [6.45, 7) is 11.1. The van der Waals surface area contributed by atoms with Crippen molar-refractivity contribution in [3.63, 3.8) is 0 Å². The lowest BCUT2D eigenvalue weighted by Crippen LogP contribution is -2.53. The Morgan fingerprint density at radius 3 is 2.40 bits per heavy atom. The Kier molecular flexibility index (Phi) is 9.81. The minimum atomic E-state index is -4.59. The van der Waals surface area contributed by atoms with Gasteiger partial charge >= 0.3 is 12.3 Å². The lowest BCUT2D eigenvalue weighted by molar-refractivity contribution is -0.138. The highest BCUT2D eigenvalue weighted by Gasteiger charge is 2.55. The van der Waals surface area contributed by atoms with Gasteiger partial charge in [-0.15, -0.1) is 11.3 Å². The van der Waals surface area contributed by atoms with Gasteiger partial charge in [-0.1, -0.05) is 43.2 Å². The molecule has 6 nitrogen and oxygen atoms in total. The number of halogens is 3. The van der Waals surface area contributed by atoms with E-state index in [9.17, 15) is 18.0 Å². The third-order valence-corrected chi connectivity index (χ3v) is 8.61. The summed E-state index contributed by atoms with van der Waals surface area (Å²) in [6, 6.07) is 14.3. The van der Waals surface area contributed by atoms with E-state index in [1.807, 2.05) is 25.1 Å². The molecule has 10 heteroatoms. The predicted octanol–water partition coefficient (Wildman–Crippen LogP) is 9.23. The molecule has 1 saturated heterocycles. The van der Waals surface area contributed by atoms with Crippen LogP contribution in [0.15, 0.2) is 54.7 Å². The first-order valence-corrected chi connectivity index (χ1v) is 15.4. The number of nitrogens with zero attached hydrogens (tertiary/aromatic N) is 2. The lowest BCUT2D eigenvalue weighted by atomic mass is 10.0. The van der Waals surface area contributed by atoms with Gasteiger partial charge in [-0.3, -0.25) is 4.90 Å². The van der Waals surface area contributed by atoms with E-state index in [1.54, 1.807) is 40.7 Å². The van der Waals surface area contributed by atoms with E-state index in [2.05, 4.69) is 17.1 Å². The summed E-state index contributed by atoms with van der Waals surface area (Å²) in [4.78, 5) is 19.8. The second-order valence-corrected chi connectivity index (χ2v) is 13.6. The molecular weight excluding hydrogens is 577 g/mol. The average Bonchev–Trinajstić information content (AvgIpc) is 3.50. The van der Waals surface area contributed by atoms with Crippen LogP contribution < -0.4 is 4.74 Å². The van der Waals surface area contributed by atoms with Crippen LogP contribution in [-0.4, -0.2) is 40.5 Å². The molecule has 4 rings (SSSR count). The molecule has 0 aliphatic carbocycles. The molecule has 0 spiro atoms. The molecular formula is C33H41F3N2O4S. The molecule has 43 heavy (non-hydrogen) atoms. The molecule has 3 aromatic rings. The number of thiazole rings is 1. The van der Waals surface area contributed by atoms with Gasteiger partial charge < -0.3 is 14.2 Å². The van der Waals surface area contributed by atoms with Crippen molar-refractivity contribution in [2.24, 2.45) is 0 Å². The van der Waals surface area contributed by atoms with Crippen LogP contribution in [0, 0.1) is 0 Å². The molecule has 2 heterocycles. The Hall–Kier alpha value is -3.11. The van der Waals surface area contributed by atoms with Crippen molar-refractivity contribution in [1.29, 1.82) is 0 Å². The summed E-state index contributed by atoms with van der Waals surface area (Å²) in [6.07, 6.45) is 0.972. The van der Waals surface area contributed by atoms with E-state index in [1.165, 1.54) is 34.1 Å². The van der Waals surface area contributed by atoms with Crippen LogP contribution in [0.25, 0.3) is 10.4 Å². The summed E-state index contributed by atoms with van der Waals surface area (Å²) in [7, 11) is 0. The summed E-state index contributed by atoms with van der Waals surface area (Å²) < 4.78 is 59.5. The van der Waals surface area contributed by atoms with Crippen molar-refractivity contribution >= 4 is 17.4 Å². The van der Waals surface area contributed by atoms with Crippen LogP contribution in [0.3, 0.4) is 0 Å². The number of carbonyl (C=O) groups is 1. The molecule has 0 bridgehead atoms. The second-order valence-electron chi connectivity index (χ2n) is 12.6. The SMILES string of the molecule is CC(C)(C)OC(=O)N1C(C)(C)OCC1(C)c1ncc(-c2ccc(OCCCCCCc3ccccc3)c(C(F)(F)F)c2)s1. The first-order chi connectivity index (χ1) is 20.1. The number of ether oxygens (including phenoxy) is 3. The summed E-state index contributed by atoms with van der Waals surface area (Å²) in [5.41, 5.74) is -1.81. The largest absolute Gasteiger partial charge is 0.493 e. The molecule has 0 radical (unpaired) electrons. The smallest absolute Gasteiger partial charge is 0.419 e. The van der Waals surface area contributed by atoms with Gasteiger partial charge in [-0.25, -0.2) is 9.78 Å². The van der Waals surface area contributed by atoms with Crippen LogP contribution in [0.1, 0.15) is 83.4 Å². The Labute approximate surface area is 256 Å². The number of benzene rings is 2. The molecule has 1 unspecified atom stereocenters. The zero-order chi connectivity index (χ0) is 31.5. The molecule has 1 aliphatic rings. The number of amides is 1. The third-order valence-electron chi connectivity index (χ3n) is 7.31. The van der Waals surface area contributed by atoms with Gasteiger partial charge in [0.1, 0.15) is 27.6 Å². The second kappa shape index (κ2) is 12.9. The van der Waals surface area contributed by atoms with Crippen molar-refractivity contribution in [3.05, 3.63) is 70.9 Å². The fraction of sp³-hybridized carbons (Fsp3) is 0.515. The van der Waals surface area contributed by atoms with E-state index in [0.717, 1.165) is 31.7 Å². The zero-order valence-electron chi connectivity index (χ0n) is 25.7. The molecule has 1 fully saturated rings. The predicted molar refractivity (Wildman–Crippen MR) is 162 cm³/mol. The number of aryl methyl sites for hydroxylation is 1.